The molecule has 0 spiro atoms. The standard InChI is InChI=1S/C2H4N2O2/c3-1(5)2(4)6/h(H2,3,5)(H2,4,6)/p-2. The SMILES string of the molecule is N=C([O-])C(=N)[O-]. The van der Waals surface area contributed by atoms with Gasteiger partial charge in [0.1, 0.15) is 0 Å². The molecule has 0 atom stereocenters. The van der Waals surface area contributed by atoms with Gasteiger partial charge in [0.25, 0.3) is 0 Å². The fourth-order valence-corrected chi connectivity index (χ4v) is 0. The molecule has 0 aromatic rings. The van der Waals surface area contributed by atoms with Gasteiger partial charge in [0.05, 0.1) is 0 Å². The third-order valence-electron chi connectivity index (χ3n) is 0.206. The summed E-state index contributed by atoms with van der Waals surface area (Å²) in [4.78, 5) is 0. The lowest BCUT2D eigenvalue weighted by Gasteiger charge is -2.10. The summed E-state index contributed by atoms with van der Waals surface area (Å²) in [5.41, 5.74) is 0. The van der Waals surface area contributed by atoms with Crippen molar-refractivity contribution in [2.24, 2.45) is 0 Å². The Kier molecular flexibility index (Phi) is 1.15. The molecule has 0 amide bonds. The predicted octanol–water partition coefficient (Wildman–Crippen LogP) is -2.34. The van der Waals surface area contributed by atoms with E-state index in [0.717, 1.165) is 0 Å². The molecular weight excluding hydrogens is 84.0 g/mol. The summed E-state index contributed by atoms with van der Waals surface area (Å²) in [5, 5.41) is 30.3. The van der Waals surface area contributed by atoms with E-state index in [9.17, 15) is 10.2 Å². The highest BCUT2D eigenvalue weighted by Gasteiger charge is 1.64. The van der Waals surface area contributed by atoms with Crippen LogP contribution < -0.4 is 10.2 Å². The van der Waals surface area contributed by atoms with Crippen LogP contribution in [0.25, 0.3) is 0 Å². The average Bonchev–Trinajstić information content (AvgIpc) is 1.36. The van der Waals surface area contributed by atoms with Gasteiger partial charge in [-0.3, -0.25) is 0 Å². The number of hydrogen-bond donors (Lipinski definition) is 2. The van der Waals surface area contributed by atoms with Gasteiger partial charge in [-0.15, -0.1) is 0 Å². The van der Waals surface area contributed by atoms with E-state index in [-0.39, 0.29) is 0 Å². The van der Waals surface area contributed by atoms with Crippen molar-refractivity contribution in [3.63, 3.8) is 0 Å². The summed E-state index contributed by atoms with van der Waals surface area (Å²) in [5.74, 6) is -2.93. The molecular formula is C2H2N2O2-2. The van der Waals surface area contributed by atoms with Crippen LogP contribution in [0, 0.1) is 10.8 Å². The van der Waals surface area contributed by atoms with Crippen molar-refractivity contribution in [3.05, 3.63) is 0 Å². The first-order valence-electron chi connectivity index (χ1n) is 1.16. The molecule has 4 nitrogen and oxygen atoms in total. The van der Waals surface area contributed by atoms with Crippen LogP contribution in [0.4, 0.5) is 0 Å². The van der Waals surface area contributed by atoms with E-state index in [2.05, 4.69) is 0 Å². The second kappa shape index (κ2) is 1.40. The van der Waals surface area contributed by atoms with Crippen molar-refractivity contribution >= 4 is 11.8 Å². The molecule has 0 bridgehead atoms. The fourth-order valence-electron chi connectivity index (χ4n) is 0. The van der Waals surface area contributed by atoms with Gasteiger partial charge in [-0.25, -0.2) is 0 Å². The van der Waals surface area contributed by atoms with Crippen LogP contribution >= 0.6 is 0 Å². The lowest BCUT2D eigenvalue weighted by molar-refractivity contribution is -0.250. The Morgan fingerprint density at radius 3 is 1.17 bits per heavy atom. The minimum atomic E-state index is -1.46. The van der Waals surface area contributed by atoms with Crippen LogP contribution in [0.3, 0.4) is 0 Å². The maximum Gasteiger partial charge on any atom is -0.0119 e. The summed E-state index contributed by atoms with van der Waals surface area (Å²) in [6, 6.07) is 0. The third-order valence-corrected chi connectivity index (χ3v) is 0.206. The van der Waals surface area contributed by atoms with Crippen molar-refractivity contribution in [2.75, 3.05) is 0 Å². The molecule has 0 saturated heterocycles. The topological polar surface area (TPSA) is 93.8 Å². The summed E-state index contributed by atoms with van der Waals surface area (Å²) in [7, 11) is 0. The van der Waals surface area contributed by atoms with Gasteiger partial charge in [0.15, 0.2) is 0 Å². The summed E-state index contributed by atoms with van der Waals surface area (Å²) >= 11 is 0. The lowest BCUT2D eigenvalue weighted by Crippen LogP contribution is -2.35. The van der Waals surface area contributed by atoms with E-state index in [0.29, 0.717) is 0 Å². The summed E-state index contributed by atoms with van der Waals surface area (Å²) < 4.78 is 0. The Labute approximate surface area is 34.1 Å². The monoisotopic (exact) mass is 86.0 g/mol. The van der Waals surface area contributed by atoms with E-state index in [1.54, 1.807) is 0 Å². The molecule has 0 unspecified atom stereocenters. The van der Waals surface area contributed by atoms with E-state index in [4.69, 9.17) is 10.8 Å². The molecule has 0 aromatic heterocycles. The van der Waals surface area contributed by atoms with Crippen molar-refractivity contribution in [2.45, 2.75) is 0 Å². The molecule has 0 aliphatic heterocycles. The Bertz CT molecular complexity index is 75.5. The zero-order valence-corrected chi connectivity index (χ0v) is 2.82. The highest BCUT2D eigenvalue weighted by Crippen LogP contribution is 1.46. The van der Waals surface area contributed by atoms with Crippen LogP contribution in [0.1, 0.15) is 0 Å². The van der Waals surface area contributed by atoms with E-state index in [1.165, 1.54) is 0 Å². The number of rotatable bonds is 0. The molecule has 0 radical (unpaired) electrons. The van der Waals surface area contributed by atoms with Gasteiger partial charge in [-0.2, -0.15) is 0 Å². The van der Waals surface area contributed by atoms with Gasteiger partial charge < -0.3 is 21.0 Å². The highest BCUT2D eigenvalue weighted by molar-refractivity contribution is 6.28. The molecule has 0 rings (SSSR count). The number of nitrogens with one attached hydrogen (secondary N) is 2. The molecule has 0 fully saturated rings. The average molecular weight is 86.0 g/mol. The maximum atomic E-state index is 9.27. The van der Waals surface area contributed by atoms with E-state index < -0.39 is 11.8 Å². The van der Waals surface area contributed by atoms with Gasteiger partial charge in [-0.1, -0.05) is 0 Å². The summed E-state index contributed by atoms with van der Waals surface area (Å²) in [6.07, 6.45) is 0. The third kappa shape index (κ3) is 1.28. The smallest absolute Gasteiger partial charge is 0.0119 e. The van der Waals surface area contributed by atoms with Crippen LogP contribution in [0.5, 0.6) is 0 Å². The molecule has 6 heavy (non-hydrogen) atoms. The Morgan fingerprint density at radius 1 is 1.00 bits per heavy atom. The highest BCUT2D eigenvalue weighted by atomic mass is 16.3. The Morgan fingerprint density at radius 2 is 1.17 bits per heavy atom. The molecule has 0 aliphatic carbocycles. The van der Waals surface area contributed by atoms with E-state index in [1.807, 2.05) is 0 Å². The van der Waals surface area contributed by atoms with Crippen molar-refractivity contribution in [3.8, 4) is 0 Å². The molecule has 34 valence electrons. The first kappa shape index (κ1) is 4.94. The molecule has 0 saturated carbocycles. The van der Waals surface area contributed by atoms with Gasteiger partial charge >= 0.3 is 0 Å². The molecule has 0 heterocycles. The molecule has 2 N–H and O–H groups in total. The second-order valence-corrected chi connectivity index (χ2v) is 0.658. The van der Waals surface area contributed by atoms with Crippen molar-refractivity contribution in [1.82, 2.24) is 0 Å². The van der Waals surface area contributed by atoms with Crippen LogP contribution in [0.15, 0.2) is 0 Å². The first-order valence-corrected chi connectivity index (χ1v) is 1.16. The van der Waals surface area contributed by atoms with Crippen LogP contribution in [-0.2, 0) is 0 Å². The quantitative estimate of drug-likeness (QED) is 0.255. The molecule has 4 heteroatoms. The minimum absolute atomic E-state index is 1.46. The zero-order valence-electron chi connectivity index (χ0n) is 2.82. The second-order valence-electron chi connectivity index (χ2n) is 0.658. The maximum absolute atomic E-state index is 9.27. The predicted molar refractivity (Wildman–Crippen MR) is 15.5 cm³/mol. The zero-order chi connectivity index (χ0) is 5.15. The summed E-state index contributed by atoms with van der Waals surface area (Å²) in [6.45, 7) is 0. The van der Waals surface area contributed by atoms with Gasteiger partial charge in [-0.05, 0) is 11.8 Å². The van der Waals surface area contributed by atoms with Crippen molar-refractivity contribution < 1.29 is 10.2 Å². The van der Waals surface area contributed by atoms with Gasteiger partial charge in [0, 0.05) is 0 Å². The Balaban J connectivity index is 3.57. The lowest BCUT2D eigenvalue weighted by atomic mass is 10.7. The van der Waals surface area contributed by atoms with Gasteiger partial charge in [0.2, 0.25) is 0 Å². The first-order chi connectivity index (χ1) is 2.64. The van der Waals surface area contributed by atoms with E-state index >= 15 is 0 Å². The van der Waals surface area contributed by atoms with Crippen molar-refractivity contribution in [1.29, 1.82) is 10.8 Å². The van der Waals surface area contributed by atoms with Crippen LogP contribution in [0.2, 0.25) is 0 Å². The fraction of sp³-hybridized carbons (Fsp3) is 0. The Hall–Kier alpha value is -1.06. The largest absolute Gasteiger partial charge is 0.858 e. The molecule has 0 aliphatic rings. The molecule has 0 aromatic carbocycles. The number of hydrogen-bond acceptors (Lipinski definition) is 4. The normalized spacial score (nSPS) is 7.33. The van der Waals surface area contributed by atoms with Crippen LogP contribution in [-0.4, -0.2) is 11.8 Å². The minimum Gasteiger partial charge on any atom is -0.858 e.